The van der Waals surface area contributed by atoms with Gasteiger partial charge in [0.25, 0.3) is 0 Å². The van der Waals surface area contributed by atoms with Crippen molar-refractivity contribution in [2.24, 2.45) is 0 Å². The molecule has 0 bridgehead atoms. The summed E-state index contributed by atoms with van der Waals surface area (Å²) < 4.78 is 20.8. The van der Waals surface area contributed by atoms with Crippen LogP contribution in [0.25, 0.3) is 0 Å². The Kier molecular flexibility index (Phi) is 15.7. The molecule has 0 aliphatic heterocycles. The molecule has 80 valence electrons. The van der Waals surface area contributed by atoms with Crippen LogP contribution < -0.4 is 0 Å². The summed E-state index contributed by atoms with van der Waals surface area (Å²) in [5.74, 6) is 0. The molecule has 0 aromatic carbocycles. The molecule has 0 rings (SSSR count). The summed E-state index contributed by atoms with van der Waals surface area (Å²) in [4.78, 5) is 0. The third-order valence-electron chi connectivity index (χ3n) is 1.44. The fourth-order valence-electron chi connectivity index (χ4n) is 0.641. The van der Waals surface area contributed by atoms with Crippen LogP contribution in [0.15, 0.2) is 0 Å². The van der Waals surface area contributed by atoms with Gasteiger partial charge in [-0.05, 0) is 12.8 Å². The molecule has 0 amide bonds. The smallest absolute Gasteiger partial charge is 0.311 e. The number of unbranched alkanes of at least 4 members (excludes halogenated alkanes) is 2. The van der Waals surface area contributed by atoms with Crippen LogP contribution in [0.5, 0.6) is 0 Å². The van der Waals surface area contributed by atoms with E-state index in [2.05, 4.69) is 13.8 Å². The molecule has 3 nitrogen and oxygen atoms in total. The summed E-state index contributed by atoms with van der Waals surface area (Å²) in [6.07, 6.45) is 4.02. The molecule has 0 fully saturated rings. The van der Waals surface area contributed by atoms with Gasteiger partial charge in [-0.1, -0.05) is 26.7 Å². The summed E-state index contributed by atoms with van der Waals surface area (Å²) in [5.41, 5.74) is 0. The summed E-state index contributed by atoms with van der Waals surface area (Å²) in [6.45, 7) is 5.25. The minimum absolute atomic E-state index is 0. The van der Waals surface area contributed by atoms with Crippen LogP contribution in [0.1, 0.15) is 39.5 Å². The van der Waals surface area contributed by atoms with Crippen LogP contribution in [0.2, 0.25) is 0 Å². The number of rotatable bonds is 8. The molecule has 0 saturated heterocycles. The third-order valence-corrected chi connectivity index (χ3v) is 2.32. The zero-order valence-electron chi connectivity index (χ0n) is 8.38. The Balaban J connectivity index is 0. The first-order chi connectivity index (χ1) is 5.81. The second-order valence-corrected chi connectivity index (χ2v) is 3.73. The summed E-state index contributed by atoms with van der Waals surface area (Å²) in [5, 5.41) is 0. The van der Waals surface area contributed by atoms with Crippen molar-refractivity contribution < 1.29 is 31.0 Å². The normalized spacial score (nSPS) is 10.1. The van der Waals surface area contributed by atoms with Crippen molar-refractivity contribution in [1.82, 2.24) is 0 Å². The van der Waals surface area contributed by atoms with E-state index in [0.717, 1.165) is 25.7 Å². The van der Waals surface area contributed by atoms with E-state index < -0.39 is 8.25 Å². The Morgan fingerprint density at radius 3 is 1.69 bits per heavy atom. The molecule has 0 aliphatic rings. The van der Waals surface area contributed by atoms with Crippen LogP contribution in [-0.4, -0.2) is 13.2 Å². The van der Waals surface area contributed by atoms with E-state index >= 15 is 0 Å². The molecule has 0 N–H and O–H groups in total. The van der Waals surface area contributed by atoms with Gasteiger partial charge in [0.2, 0.25) is 0 Å². The monoisotopic (exact) mass is 246 g/mol. The van der Waals surface area contributed by atoms with E-state index in [0.29, 0.717) is 13.2 Å². The summed E-state index contributed by atoms with van der Waals surface area (Å²) >= 11 is 0. The molecule has 0 aromatic heterocycles. The summed E-state index contributed by atoms with van der Waals surface area (Å²) in [6, 6.07) is 0. The summed E-state index contributed by atoms with van der Waals surface area (Å²) in [7, 11) is -2.18. The average molecular weight is 246 g/mol. The van der Waals surface area contributed by atoms with E-state index in [1.165, 1.54) is 0 Å². The van der Waals surface area contributed by atoms with Gasteiger partial charge in [0.15, 0.2) is 0 Å². The molecule has 0 aliphatic carbocycles. The Bertz CT molecular complexity index is 110. The Labute approximate surface area is 92.3 Å². The Morgan fingerprint density at radius 2 is 1.38 bits per heavy atom. The molecule has 0 radical (unpaired) electrons. The first kappa shape index (κ1) is 16.1. The fraction of sp³-hybridized carbons (Fsp3) is 1.00. The van der Waals surface area contributed by atoms with Crippen LogP contribution >= 0.6 is 8.25 Å². The molecule has 5 heteroatoms. The van der Waals surface area contributed by atoms with E-state index in [1.54, 1.807) is 0 Å². The van der Waals surface area contributed by atoms with Gasteiger partial charge in [0.05, 0.1) is 13.2 Å². The van der Waals surface area contributed by atoms with Crippen molar-refractivity contribution in [2.45, 2.75) is 39.5 Å². The van der Waals surface area contributed by atoms with Crippen molar-refractivity contribution in [1.29, 1.82) is 0 Å². The van der Waals surface area contributed by atoms with Crippen molar-refractivity contribution in [3.63, 3.8) is 0 Å². The molecule has 0 unspecified atom stereocenters. The SMILES string of the molecule is CCCCO[PH](=O)OCCCC.[Cr]. The third kappa shape index (κ3) is 12.7. The zero-order chi connectivity index (χ0) is 9.23. The van der Waals surface area contributed by atoms with Crippen molar-refractivity contribution >= 4 is 8.25 Å². The number of hydrogen-bond donors (Lipinski definition) is 0. The molecular weight excluding hydrogens is 227 g/mol. The maximum Gasteiger partial charge on any atom is 0.319 e. The molecule has 0 atom stereocenters. The van der Waals surface area contributed by atoms with E-state index in [9.17, 15) is 4.57 Å². The predicted molar refractivity (Wildman–Crippen MR) is 50.7 cm³/mol. The van der Waals surface area contributed by atoms with Crippen LogP contribution in [0.4, 0.5) is 0 Å². The van der Waals surface area contributed by atoms with Crippen molar-refractivity contribution in [3.8, 4) is 0 Å². The van der Waals surface area contributed by atoms with Crippen LogP contribution in [0.3, 0.4) is 0 Å². The standard InChI is InChI=1S/C8H19O3P.Cr/c1-3-5-7-10-12(9)11-8-6-4-2;/h12H,3-8H2,1-2H3;. The van der Waals surface area contributed by atoms with Gasteiger partial charge >= 0.3 is 8.25 Å². The Hall–Kier alpha value is 0.682. The Morgan fingerprint density at radius 1 is 1.00 bits per heavy atom. The molecule has 0 aromatic rings. The van der Waals surface area contributed by atoms with Gasteiger partial charge < -0.3 is 9.05 Å². The largest absolute Gasteiger partial charge is 0.319 e. The van der Waals surface area contributed by atoms with E-state index in [-0.39, 0.29) is 17.4 Å². The van der Waals surface area contributed by atoms with Gasteiger partial charge in [-0.25, -0.2) is 0 Å². The predicted octanol–water partition coefficient (Wildman–Crippen LogP) is 3.01. The zero-order valence-corrected chi connectivity index (χ0v) is 10.7. The van der Waals surface area contributed by atoms with E-state index in [1.807, 2.05) is 0 Å². The van der Waals surface area contributed by atoms with Crippen molar-refractivity contribution in [2.75, 3.05) is 13.2 Å². The fourth-order valence-corrected chi connectivity index (χ4v) is 1.35. The topological polar surface area (TPSA) is 35.5 Å². The maximum absolute atomic E-state index is 10.9. The maximum atomic E-state index is 10.9. The van der Waals surface area contributed by atoms with Crippen LogP contribution in [0, 0.1) is 0 Å². The number of hydrogen-bond acceptors (Lipinski definition) is 3. The molecular formula is C8H19CrO3P. The first-order valence-electron chi connectivity index (χ1n) is 4.60. The molecule has 0 spiro atoms. The van der Waals surface area contributed by atoms with Gasteiger partial charge in [0, 0.05) is 17.4 Å². The second-order valence-electron chi connectivity index (χ2n) is 2.65. The minimum atomic E-state index is -2.18. The molecule has 13 heavy (non-hydrogen) atoms. The van der Waals surface area contributed by atoms with Gasteiger partial charge in [-0.3, -0.25) is 4.57 Å². The molecule has 0 saturated carbocycles. The first-order valence-corrected chi connectivity index (χ1v) is 5.83. The van der Waals surface area contributed by atoms with Crippen LogP contribution in [-0.2, 0) is 31.0 Å². The second kappa shape index (κ2) is 12.7. The minimum Gasteiger partial charge on any atom is -0.311 e. The van der Waals surface area contributed by atoms with Gasteiger partial charge in [-0.15, -0.1) is 0 Å². The van der Waals surface area contributed by atoms with Gasteiger partial charge in [-0.2, -0.15) is 0 Å². The van der Waals surface area contributed by atoms with E-state index in [4.69, 9.17) is 9.05 Å². The van der Waals surface area contributed by atoms with Gasteiger partial charge in [0.1, 0.15) is 0 Å². The molecule has 0 heterocycles. The van der Waals surface area contributed by atoms with Crippen molar-refractivity contribution in [3.05, 3.63) is 0 Å². The average Bonchev–Trinajstić information content (AvgIpc) is 2.06. The quantitative estimate of drug-likeness (QED) is 0.488.